The van der Waals surface area contributed by atoms with Gasteiger partial charge in [0.25, 0.3) is 11.8 Å². The molecule has 3 amide bonds. The highest BCUT2D eigenvalue weighted by atomic mass is 16.3. The van der Waals surface area contributed by atoms with Crippen molar-refractivity contribution in [3.63, 3.8) is 0 Å². The Labute approximate surface area is 134 Å². The number of nitrogens with zero attached hydrogens (tertiary/aromatic N) is 2. The predicted molar refractivity (Wildman–Crippen MR) is 84.4 cm³/mol. The largest absolute Gasteiger partial charge is 0.395 e. The molecule has 0 bridgehead atoms. The Morgan fingerprint density at radius 3 is 2.43 bits per heavy atom. The summed E-state index contributed by atoms with van der Waals surface area (Å²) in [6.07, 6.45) is 1.51. The number of aliphatic hydroxyl groups is 1. The smallest absolute Gasteiger partial charge is 0.277 e. The van der Waals surface area contributed by atoms with E-state index in [1.807, 2.05) is 0 Å². The minimum atomic E-state index is -0.462. The zero-order valence-corrected chi connectivity index (χ0v) is 13.1. The summed E-state index contributed by atoms with van der Waals surface area (Å²) in [4.78, 5) is 37.8. The third kappa shape index (κ3) is 3.95. The van der Waals surface area contributed by atoms with Crippen molar-refractivity contribution in [1.82, 2.24) is 9.80 Å². The molecule has 122 valence electrons. The van der Waals surface area contributed by atoms with Gasteiger partial charge in [0.05, 0.1) is 19.6 Å². The van der Waals surface area contributed by atoms with E-state index in [2.05, 4.69) is 5.32 Å². The highest BCUT2D eigenvalue weighted by Gasteiger charge is 2.30. The lowest BCUT2D eigenvalue weighted by molar-refractivity contribution is -0.137. The van der Waals surface area contributed by atoms with E-state index >= 15 is 0 Å². The molecule has 7 heteroatoms. The summed E-state index contributed by atoms with van der Waals surface area (Å²) >= 11 is 0. The predicted octanol–water partition coefficient (Wildman–Crippen LogP) is -0.0258. The van der Waals surface area contributed by atoms with Crippen LogP contribution in [0, 0.1) is 0 Å². The minimum absolute atomic E-state index is 0.00429. The molecule has 0 radical (unpaired) electrons. The number of carbonyl (C=O) groups excluding carboxylic acids is 3. The van der Waals surface area contributed by atoms with Crippen LogP contribution < -0.4 is 5.32 Å². The zero-order chi connectivity index (χ0) is 17.0. The Morgan fingerprint density at radius 1 is 1.22 bits per heavy atom. The molecule has 2 rings (SSSR count). The molecule has 0 atom stereocenters. The second-order valence-corrected chi connectivity index (χ2v) is 5.36. The van der Waals surface area contributed by atoms with Crippen LogP contribution in [0.4, 0.5) is 5.69 Å². The van der Waals surface area contributed by atoms with Gasteiger partial charge in [-0.25, -0.2) is 0 Å². The van der Waals surface area contributed by atoms with E-state index in [9.17, 15) is 14.4 Å². The molecule has 1 aromatic carbocycles. The monoisotopic (exact) mass is 317 g/mol. The van der Waals surface area contributed by atoms with Gasteiger partial charge in [0.15, 0.2) is 0 Å². The summed E-state index contributed by atoms with van der Waals surface area (Å²) in [5, 5.41) is 11.7. The topological polar surface area (TPSA) is 90.0 Å². The molecule has 0 unspecified atom stereocenters. The van der Waals surface area contributed by atoms with Crippen LogP contribution >= 0.6 is 0 Å². The second-order valence-electron chi connectivity index (χ2n) is 5.36. The Morgan fingerprint density at radius 2 is 1.87 bits per heavy atom. The summed E-state index contributed by atoms with van der Waals surface area (Å²) in [6, 6.07) is 7.06. The lowest BCUT2D eigenvalue weighted by Gasteiger charge is -2.13. The van der Waals surface area contributed by atoms with Gasteiger partial charge in [0.2, 0.25) is 5.91 Å². The SMILES string of the molecule is CN(C)C(=O)Cc1ccc(NC2=CC(=O)N(CCO)C2=O)cc1. The van der Waals surface area contributed by atoms with Gasteiger partial charge >= 0.3 is 0 Å². The van der Waals surface area contributed by atoms with Gasteiger partial charge in [0.1, 0.15) is 5.70 Å². The normalized spacial score (nSPS) is 14.0. The summed E-state index contributed by atoms with van der Waals surface area (Å²) in [7, 11) is 3.40. The molecule has 7 nitrogen and oxygen atoms in total. The van der Waals surface area contributed by atoms with Gasteiger partial charge in [-0.05, 0) is 17.7 Å². The first-order valence-corrected chi connectivity index (χ1v) is 7.17. The van der Waals surface area contributed by atoms with E-state index in [1.54, 1.807) is 38.4 Å². The van der Waals surface area contributed by atoms with Gasteiger partial charge in [-0.1, -0.05) is 12.1 Å². The van der Waals surface area contributed by atoms with E-state index in [0.717, 1.165) is 10.5 Å². The number of hydrogen-bond donors (Lipinski definition) is 2. The first-order valence-electron chi connectivity index (χ1n) is 7.17. The fourth-order valence-electron chi connectivity index (χ4n) is 2.10. The molecule has 0 aliphatic carbocycles. The standard InChI is InChI=1S/C16H19N3O4/c1-18(2)14(21)9-11-3-5-12(6-4-11)17-13-10-15(22)19(7-8-20)16(13)23/h3-6,10,17,20H,7-9H2,1-2H3. The van der Waals surface area contributed by atoms with Gasteiger partial charge in [-0.3, -0.25) is 19.3 Å². The van der Waals surface area contributed by atoms with Crippen LogP contribution in [-0.4, -0.2) is 59.9 Å². The zero-order valence-electron chi connectivity index (χ0n) is 13.1. The van der Waals surface area contributed by atoms with Gasteiger partial charge in [-0.15, -0.1) is 0 Å². The molecule has 0 saturated carbocycles. The molecule has 1 aliphatic rings. The first kappa shape index (κ1) is 16.7. The number of anilines is 1. The third-order valence-corrected chi connectivity index (χ3v) is 3.42. The molecule has 23 heavy (non-hydrogen) atoms. The van der Waals surface area contributed by atoms with Crippen molar-refractivity contribution in [2.75, 3.05) is 32.6 Å². The number of aliphatic hydroxyl groups excluding tert-OH is 1. The fraction of sp³-hybridized carbons (Fsp3) is 0.312. The van der Waals surface area contributed by atoms with Crippen LogP contribution in [0.5, 0.6) is 0 Å². The minimum Gasteiger partial charge on any atom is -0.395 e. The van der Waals surface area contributed by atoms with Crippen LogP contribution in [0.3, 0.4) is 0 Å². The number of β-amino-alcohol motifs (C(OH)–C–C–N with tert-alkyl or cyclic N) is 1. The lowest BCUT2D eigenvalue weighted by Crippen LogP contribution is -2.34. The molecular formula is C16H19N3O4. The van der Waals surface area contributed by atoms with E-state index in [-0.39, 0.29) is 24.8 Å². The second kappa shape index (κ2) is 7.06. The van der Waals surface area contributed by atoms with Crippen LogP contribution in [0.25, 0.3) is 0 Å². The Balaban J connectivity index is 2.02. The van der Waals surface area contributed by atoms with E-state index in [0.29, 0.717) is 12.1 Å². The van der Waals surface area contributed by atoms with Crippen molar-refractivity contribution in [2.45, 2.75) is 6.42 Å². The Bertz CT molecular complexity index is 650. The molecule has 1 aliphatic heterocycles. The van der Waals surface area contributed by atoms with E-state index in [1.165, 1.54) is 11.0 Å². The summed E-state index contributed by atoms with van der Waals surface area (Å²) in [5.41, 5.74) is 1.67. The van der Waals surface area contributed by atoms with Crippen molar-refractivity contribution in [1.29, 1.82) is 0 Å². The summed E-state index contributed by atoms with van der Waals surface area (Å²) < 4.78 is 0. The molecule has 0 fully saturated rings. The third-order valence-electron chi connectivity index (χ3n) is 3.42. The number of amides is 3. The highest BCUT2D eigenvalue weighted by molar-refractivity contribution is 6.17. The molecule has 1 aromatic rings. The molecule has 0 spiro atoms. The van der Waals surface area contributed by atoms with Crippen LogP contribution in [0.2, 0.25) is 0 Å². The molecule has 0 saturated heterocycles. The average molecular weight is 317 g/mol. The van der Waals surface area contributed by atoms with Crippen molar-refractivity contribution >= 4 is 23.4 Å². The number of imide groups is 1. The number of hydrogen-bond acceptors (Lipinski definition) is 5. The number of nitrogens with one attached hydrogen (secondary N) is 1. The Kier molecular flexibility index (Phi) is 5.13. The molecule has 2 N–H and O–H groups in total. The maximum atomic E-state index is 12.0. The van der Waals surface area contributed by atoms with E-state index in [4.69, 9.17) is 5.11 Å². The first-order chi connectivity index (χ1) is 10.9. The molecule has 1 heterocycles. The quantitative estimate of drug-likeness (QED) is 0.720. The van der Waals surface area contributed by atoms with Crippen LogP contribution in [-0.2, 0) is 20.8 Å². The Hall–Kier alpha value is -2.67. The van der Waals surface area contributed by atoms with Gasteiger partial charge < -0.3 is 15.3 Å². The molecule has 0 aromatic heterocycles. The highest BCUT2D eigenvalue weighted by Crippen LogP contribution is 2.17. The fourth-order valence-corrected chi connectivity index (χ4v) is 2.10. The van der Waals surface area contributed by atoms with Crippen molar-refractivity contribution in [3.8, 4) is 0 Å². The number of carbonyl (C=O) groups is 3. The number of benzene rings is 1. The average Bonchev–Trinajstić information content (AvgIpc) is 2.77. The van der Waals surface area contributed by atoms with Crippen LogP contribution in [0.1, 0.15) is 5.56 Å². The van der Waals surface area contributed by atoms with Crippen molar-refractivity contribution in [2.24, 2.45) is 0 Å². The van der Waals surface area contributed by atoms with E-state index < -0.39 is 11.8 Å². The summed E-state index contributed by atoms with van der Waals surface area (Å²) in [5.74, 6) is -0.903. The summed E-state index contributed by atoms with van der Waals surface area (Å²) in [6.45, 7) is -0.294. The number of likely N-dealkylation sites (N-methyl/N-ethyl adjacent to an activating group) is 1. The molecular weight excluding hydrogens is 298 g/mol. The van der Waals surface area contributed by atoms with Crippen molar-refractivity contribution in [3.05, 3.63) is 41.6 Å². The van der Waals surface area contributed by atoms with Crippen molar-refractivity contribution < 1.29 is 19.5 Å². The van der Waals surface area contributed by atoms with Crippen LogP contribution in [0.15, 0.2) is 36.0 Å². The number of rotatable bonds is 6. The maximum Gasteiger partial charge on any atom is 0.277 e. The maximum absolute atomic E-state index is 12.0. The lowest BCUT2D eigenvalue weighted by atomic mass is 10.1. The van der Waals surface area contributed by atoms with Gasteiger partial charge in [0, 0.05) is 25.9 Å². The van der Waals surface area contributed by atoms with Gasteiger partial charge in [-0.2, -0.15) is 0 Å².